The van der Waals surface area contributed by atoms with E-state index in [-0.39, 0.29) is 0 Å². The monoisotopic (exact) mass is 391 g/mol. The molecule has 2 heterocycles. The third-order valence-electron chi connectivity index (χ3n) is 6.03. The second-order valence-electron chi connectivity index (χ2n) is 8.33. The summed E-state index contributed by atoms with van der Waals surface area (Å²) in [6.45, 7) is 8.08. The molecule has 0 spiro atoms. The number of hydrogen-bond donors (Lipinski definition) is 2. The van der Waals surface area contributed by atoms with Crippen LogP contribution in [0.5, 0.6) is 0 Å². The van der Waals surface area contributed by atoms with Gasteiger partial charge in [0.05, 0.1) is 0 Å². The van der Waals surface area contributed by atoms with Gasteiger partial charge in [0.25, 0.3) is 0 Å². The van der Waals surface area contributed by atoms with Crippen LogP contribution in [0, 0.1) is 12.8 Å². The molecule has 29 heavy (non-hydrogen) atoms. The molecule has 1 saturated carbocycles. The second-order valence-corrected chi connectivity index (χ2v) is 8.33. The van der Waals surface area contributed by atoms with Crippen molar-refractivity contribution in [2.75, 3.05) is 31.1 Å². The number of piperidine rings is 1. The van der Waals surface area contributed by atoms with Crippen molar-refractivity contribution in [3.05, 3.63) is 59.8 Å². The number of guanidine groups is 1. The van der Waals surface area contributed by atoms with Crippen molar-refractivity contribution < 1.29 is 0 Å². The Bertz CT molecular complexity index is 794. The maximum absolute atomic E-state index is 4.90. The van der Waals surface area contributed by atoms with Crippen molar-refractivity contribution in [3.8, 4) is 0 Å². The number of nitrogens with one attached hydrogen (secondary N) is 2. The van der Waals surface area contributed by atoms with E-state index in [9.17, 15) is 0 Å². The molecule has 1 aromatic carbocycles. The summed E-state index contributed by atoms with van der Waals surface area (Å²) in [5.41, 5.74) is 2.67. The van der Waals surface area contributed by atoms with Crippen LogP contribution >= 0.6 is 0 Å². The van der Waals surface area contributed by atoms with Gasteiger partial charge < -0.3 is 15.5 Å². The lowest BCUT2D eigenvalue weighted by molar-refractivity contribution is 0.459. The standard InChI is InChI=1S/C24H33N5/c1-3-25-24(27-17-20-15-22(20)19-7-5-4-6-8-19)28-21-11-13-29(14-12-21)23-10-9-18(2)16-26-23/h4-10,16,20-22H,3,11-15,17H2,1-2H3,(H2,25,27,28). The fraction of sp³-hybridized carbons (Fsp3) is 0.500. The van der Waals surface area contributed by atoms with E-state index in [1.165, 1.54) is 17.5 Å². The van der Waals surface area contributed by atoms with Crippen molar-refractivity contribution in [1.29, 1.82) is 0 Å². The van der Waals surface area contributed by atoms with Crippen LogP contribution in [0.25, 0.3) is 0 Å². The first-order valence-electron chi connectivity index (χ1n) is 11.0. The Morgan fingerprint density at radius 3 is 2.62 bits per heavy atom. The lowest BCUT2D eigenvalue weighted by atomic mass is 10.1. The predicted molar refractivity (Wildman–Crippen MR) is 121 cm³/mol. The van der Waals surface area contributed by atoms with E-state index in [1.807, 2.05) is 6.20 Å². The summed E-state index contributed by atoms with van der Waals surface area (Å²) in [7, 11) is 0. The molecule has 1 saturated heterocycles. The molecule has 0 radical (unpaired) electrons. The Hall–Kier alpha value is -2.56. The van der Waals surface area contributed by atoms with Crippen LogP contribution in [0.2, 0.25) is 0 Å². The molecule has 2 aliphatic rings. The van der Waals surface area contributed by atoms with E-state index in [0.717, 1.165) is 50.8 Å². The number of aryl methyl sites for hydroxylation is 1. The highest BCUT2D eigenvalue weighted by Crippen LogP contribution is 2.47. The lowest BCUT2D eigenvalue weighted by Gasteiger charge is -2.33. The first-order valence-corrected chi connectivity index (χ1v) is 11.0. The van der Waals surface area contributed by atoms with Gasteiger partial charge in [-0.2, -0.15) is 0 Å². The number of aromatic nitrogens is 1. The van der Waals surface area contributed by atoms with Gasteiger partial charge in [-0.25, -0.2) is 4.98 Å². The third kappa shape index (κ3) is 5.28. The zero-order valence-electron chi connectivity index (χ0n) is 17.6. The Kier molecular flexibility index (Phi) is 6.33. The van der Waals surface area contributed by atoms with Gasteiger partial charge in [-0.3, -0.25) is 4.99 Å². The number of pyridine rings is 1. The molecule has 2 aromatic rings. The first kappa shape index (κ1) is 19.7. The van der Waals surface area contributed by atoms with Gasteiger partial charge in [0, 0.05) is 38.4 Å². The molecular weight excluding hydrogens is 358 g/mol. The summed E-state index contributed by atoms with van der Waals surface area (Å²) >= 11 is 0. The van der Waals surface area contributed by atoms with Crippen molar-refractivity contribution in [3.63, 3.8) is 0 Å². The van der Waals surface area contributed by atoms with Crippen molar-refractivity contribution >= 4 is 11.8 Å². The Morgan fingerprint density at radius 2 is 1.93 bits per heavy atom. The number of anilines is 1. The maximum Gasteiger partial charge on any atom is 0.191 e. The molecule has 1 aromatic heterocycles. The topological polar surface area (TPSA) is 52.6 Å². The summed E-state index contributed by atoms with van der Waals surface area (Å²) in [6.07, 6.45) is 5.43. The minimum Gasteiger partial charge on any atom is -0.357 e. The molecule has 0 bridgehead atoms. The highest BCUT2D eigenvalue weighted by Gasteiger charge is 2.37. The van der Waals surface area contributed by atoms with E-state index in [2.05, 4.69) is 76.8 Å². The van der Waals surface area contributed by atoms with E-state index in [1.54, 1.807) is 0 Å². The summed E-state index contributed by atoms with van der Waals surface area (Å²) in [5.74, 6) is 3.43. The number of hydrogen-bond acceptors (Lipinski definition) is 3. The van der Waals surface area contributed by atoms with Crippen molar-refractivity contribution in [2.24, 2.45) is 10.9 Å². The normalized spacial score (nSPS) is 22.4. The Balaban J connectivity index is 1.27. The lowest BCUT2D eigenvalue weighted by Crippen LogP contribution is -2.49. The minimum atomic E-state index is 0.471. The van der Waals surface area contributed by atoms with Crippen molar-refractivity contribution in [1.82, 2.24) is 15.6 Å². The van der Waals surface area contributed by atoms with Gasteiger partial charge in [-0.1, -0.05) is 36.4 Å². The van der Waals surface area contributed by atoms with Crippen LogP contribution in [0.15, 0.2) is 53.7 Å². The molecule has 5 nitrogen and oxygen atoms in total. The van der Waals surface area contributed by atoms with Crippen molar-refractivity contribution in [2.45, 2.75) is 45.1 Å². The van der Waals surface area contributed by atoms with E-state index < -0.39 is 0 Å². The first-order chi connectivity index (χ1) is 14.2. The summed E-state index contributed by atoms with van der Waals surface area (Å²) in [6, 6.07) is 15.6. The van der Waals surface area contributed by atoms with E-state index >= 15 is 0 Å². The molecular formula is C24H33N5. The van der Waals surface area contributed by atoms with Crippen LogP contribution in [-0.4, -0.2) is 43.2 Å². The third-order valence-corrected chi connectivity index (χ3v) is 6.03. The fourth-order valence-electron chi connectivity index (χ4n) is 4.18. The number of benzene rings is 1. The highest BCUT2D eigenvalue weighted by molar-refractivity contribution is 5.80. The van der Waals surface area contributed by atoms with Gasteiger partial charge in [-0.15, -0.1) is 0 Å². The second kappa shape index (κ2) is 9.29. The zero-order chi connectivity index (χ0) is 20.1. The van der Waals surface area contributed by atoms with Crippen LogP contribution in [0.4, 0.5) is 5.82 Å². The van der Waals surface area contributed by atoms with Crippen LogP contribution < -0.4 is 15.5 Å². The molecule has 5 heteroatoms. The predicted octanol–water partition coefficient (Wildman–Crippen LogP) is 3.72. The SMILES string of the molecule is CCNC(=NCC1CC1c1ccccc1)NC1CCN(c2ccc(C)cn2)CC1. The van der Waals surface area contributed by atoms with E-state index in [4.69, 9.17) is 4.99 Å². The largest absolute Gasteiger partial charge is 0.357 e. The molecule has 2 unspecified atom stereocenters. The smallest absolute Gasteiger partial charge is 0.191 e. The quantitative estimate of drug-likeness (QED) is 0.582. The summed E-state index contributed by atoms with van der Waals surface area (Å²) in [5, 5.41) is 7.10. The zero-order valence-corrected chi connectivity index (χ0v) is 17.6. The molecule has 0 amide bonds. The van der Waals surface area contributed by atoms with Gasteiger partial charge in [0.15, 0.2) is 5.96 Å². The fourth-order valence-corrected chi connectivity index (χ4v) is 4.18. The van der Waals surface area contributed by atoms with Gasteiger partial charge >= 0.3 is 0 Å². The van der Waals surface area contributed by atoms with Gasteiger partial charge in [-0.05, 0) is 62.1 Å². The molecule has 2 atom stereocenters. The summed E-state index contributed by atoms with van der Waals surface area (Å²) < 4.78 is 0. The van der Waals surface area contributed by atoms with Crippen LogP contribution in [-0.2, 0) is 0 Å². The molecule has 1 aliphatic heterocycles. The number of aliphatic imine (C=N–C) groups is 1. The van der Waals surface area contributed by atoms with Crippen LogP contribution in [0.3, 0.4) is 0 Å². The van der Waals surface area contributed by atoms with Gasteiger partial charge in [0.2, 0.25) is 0 Å². The molecule has 1 aliphatic carbocycles. The van der Waals surface area contributed by atoms with Gasteiger partial charge in [0.1, 0.15) is 5.82 Å². The Labute approximate surface area is 174 Å². The Morgan fingerprint density at radius 1 is 1.14 bits per heavy atom. The summed E-state index contributed by atoms with van der Waals surface area (Å²) in [4.78, 5) is 11.9. The average molecular weight is 392 g/mol. The number of rotatable bonds is 6. The molecule has 2 N–H and O–H groups in total. The molecule has 2 fully saturated rings. The maximum atomic E-state index is 4.90. The number of nitrogens with zero attached hydrogens (tertiary/aromatic N) is 3. The average Bonchev–Trinajstić information content (AvgIpc) is 3.54. The minimum absolute atomic E-state index is 0.471. The molecule has 4 rings (SSSR count). The molecule has 154 valence electrons. The highest BCUT2D eigenvalue weighted by atomic mass is 15.2. The van der Waals surface area contributed by atoms with E-state index in [0.29, 0.717) is 17.9 Å². The van der Waals surface area contributed by atoms with Crippen LogP contribution in [0.1, 0.15) is 43.2 Å².